The van der Waals surface area contributed by atoms with Crippen LogP contribution in [0, 0.1) is 0 Å². The van der Waals surface area contributed by atoms with Crippen molar-refractivity contribution in [1.82, 2.24) is 9.80 Å². The second-order valence-corrected chi connectivity index (χ2v) is 7.60. The predicted octanol–water partition coefficient (Wildman–Crippen LogP) is 0.118. The number of sulfone groups is 1. The molecule has 2 rings (SSSR count). The van der Waals surface area contributed by atoms with Crippen LogP contribution in [0.2, 0.25) is 0 Å². The van der Waals surface area contributed by atoms with Gasteiger partial charge in [0.25, 0.3) is 0 Å². The molecule has 1 atom stereocenters. The van der Waals surface area contributed by atoms with E-state index in [0.29, 0.717) is 25.1 Å². The summed E-state index contributed by atoms with van der Waals surface area (Å²) in [5.74, 6) is 0.754. The highest BCUT2D eigenvalue weighted by Gasteiger charge is 2.30. The maximum atomic E-state index is 11.9. The number of carbonyl (C=O) groups is 1. The average molecular weight is 274 g/mol. The fourth-order valence-corrected chi connectivity index (χ4v) is 4.51. The Hall–Kier alpha value is -0.620. The van der Waals surface area contributed by atoms with Crippen LogP contribution in [0.1, 0.15) is 25.7 Å². The van der Waals surface area contributed by atoms with Gasteiger partial charge in [-0.1, -0.05) is 0 Å². The van der Waals surface area contributed by atoms with Crippen molar-refractivity contribution in [3.63, 3.8) is 0 Å². The van der Waals surface area contributed by atoms with Crippen LogP contribution in [0.3, 0.4) is 0 Å². The minimum absolute atomic E-state index is 0.0985. The zero-order chi connectivity index (χ0) is 13.2. The minimum atomic E-state index is -2.83. The molecule has 0 radical (unpaired) electrons. The first-order chi connectivity index (χ1) is 8.48. The number of hydrogen-bond acceptors (Lipinski definition) is 4. The molecule has 18 heavy (non-hydrogen) atoms. The number of rotatable bonds is 4. The molecule has 0 N–H and O–H groups in total. The lowest BCUT2D eigenvalue weighted by Crippen LogP contribution is -2.36. The van der Waals surface area contributed by atoms with Crippen LogP contribution in [0.5, 0.6) is 0 Å². The summed E-state index contributed by atoms with van der Waals surface area (Å²) in [6.07, 6.45) is 3.44. The van der Waals surface area contributed by atoms with Crippen molar-refractivity contribution < 1.29 is 13.2 Å². The van der Waals surface area contributed by atoms with E-state index in [4.69, 9.17) is 0 Å². The summed E-state index contributed by atoms with van der Waals surface area (Å²) < 4.78 is 22.8. The lowest BCUT2D eigenvalue weighted by Gasteiger charge is -2.24. The van der Waals surface area contributed by atoms with E-state index in [2.05, 4.69) is 0 Å². The molecule has 2 fully saturated rings. The van der Waals surface area contributed by atoms with Crippen molar-refractivity contribution in [2.24, 2.45) is 0 Å². The molecule has 2 aliphatic rings. The first kappa shape index (κ1) is 13.8. The van der Waals surface area contributed by atoms with Gasteiger partial charge >= 0.3 is 0 Å². The van der Waals surface area contributed by atoms with E-state index >= 15 is 0 Å². The van der Waals surface area contributed by atoms with Crippen LogP contribution in [-0.4, -0.2) is 68.4 Å². The summed E-state index contributed by atoms with van der Waals surface area (Å²) in [6, 6.07) is 0.0985. The van der Waals surface area contributed by atoms with Crippen molar-refractivity contribution in [1.29, 1.82) is 0 Å². The van der Waals surface area contributed by atoms with E-state index in [0.717, 1.165) is 25.9 Å². The van der Waals surface area contributed by atoms with Crippen molar-refractivity contribution in [2.75, 3.05) is 38.2 Å². The van der Waals surface area contributed by atoms with E-state index in [-0.39, 0.29) is 17.7 Å². The van der Waals surface area contributed by atoms with Crippen LogP contribution in [0.15, 0.2) is 0 Å². The van der Waals surface area contributed by atoms with Gasteiger partial charge in [0.15, 0.2) is 9.84 Å². The van der Waals surface area contributed by atoms with Crippen molar-refractivity contribution in [2.45, 2.75) is 31.7 Å². The van der Waals surface area contributed by atoms with Crippen molar-refractivity contribution in [3.05, 3.63) is 0 Å². The van der Waals surface area contributed by atoms with Crippen LogP contribution < -0.4 is 0 Å². The summed E-state index contributed by atoms with van der Waals surface area (Å²) in [6.45, 7) is 2.44. The van der Waals surface area contributed by atoms with E-state index < -0.39 is 9.84 Å². The zero-order valence-corrected chi connectivity index (χ0v) is 11.8. The molecule has 0 aliphatic carbocycles. The fraction of sp³-hybridized carbons (Fsp3) is 0.917. The van der Waals surface area contributed by atoms with Gasteiger partial charge in [-0.2, -0.15) is 0 Å². The Labute approximate surface area is 109 Å². The second kappa shape index (κ2) is 5.57. The molecule has 2 heterocycles. The van der Waals surface area contributed by atoms with Gasteiger partial charge in [0.05, 0.1) is 11.5 Å². The van der Waals surface area contributed by atoms with E-state index in [1.54, 1.807) is 0 Å². The number of hydrogen-bond donors (Lipinski definition) is 0. The Balaban J connectivity index is 1.74. The molecule has 2 aliphatic heterocycles. The highest BCUT2D eigenvalue weighted by Crippen LogP contribution is 2.17. The van der Waals surface area contributed by atoms with Crippen LogP contribution in [-0.2, 0) is 14.6 Å². The highest BCUT2D eigenvalue weighted by atomic mass is 32.2. The number of likely N-dealkylation sites (tertiary alicyclic amines) is 1. The van der Waals surface area contributed by atoms with Gasteiger partial charge in [-0.3, -0.25) is 4.79 Å². The van der Waals surface area contributed by atoms with Crippen molar-refractivity contribution in [3.8, 4) is 0 Å². The Morgan fingerprint density at radius 2 is 2.00 bits per heavy atom. The van der Waals surface area contributed by atoms with Gasteiger partial charge in [-0.15, -0.1) is 0 Å². The molecular weight excluding hydrogens is 252 g/mol. The molecular formula is C12H22N2O3S. The molecule has 1 amide bonds. The van der Waals surface area contributed by atoms with Gasteiger partial charge in [-0.05, 0) is 26.3 Å². The van der Waals surface area contributed by atoms with Crippen LogP contribution in [0.25, 0.3) is 0 Å². The van der Waals surface area contributed by atoms with Gasteiger partial charge in [-0.25, -0.2) is 8.42 Å². The largest absolute Gasteiger partial charge is 0.343 e. The number of amides is 1. The lowest BCUT2D eigenvalue weighted by molar-refractivity contribution is -0.130. The Kier molecular flexibility index (Phi) is 4.27. The molecule has 0 aromatic carbocycles. The van der Waals surface area contributed by atoms with Gasteiger partial charge < -0.3 is 9.80 Å². The molecule has 104 valence electrons. The fourth-order valence-electron chi connectivity index (χ4n) is 2.70. The first-order valence-corrected chi connectivity index (χ1v) is 8.48. The molecule has 6 heteroatoms. The maximum absolute atomic E-state index is 11.9. The quantitative estimate of drug-likeness (QED) is 0.730. The average Bonchev–Trinajstić information content (AvgIpc) is 2.94. The van der Waals surface area contributed by atoms with E-state index in [9.17, 15) is 13.2 Å². The molecule has 0 aromatic rings. The summed E-state index contributed by atoms with van der Waals surface area (Å²) in [4.78, 5) is 15.8. The van der Waals surface area contributed by atoms with Gasteiger partial charge in [0.1, 0.15) is 0 Å². The van der Waals surface area contributed by atoms with Crippen LogP contribution >= 0.6 is 0 Å². The first-order valence-electron chi connectivity index (χ1n) is 6.66. The molecule has 1 unspecified atom stereocenters. The summed E-state index contributed by atoms with van der Waals surface area (Å²) in [7, 11) is -0.912. The topological polar surface area (TPSA) is 57.7 Å². The SMILES string of the molecule is CN(CCC(=O)N1CCCC1)C1CCS(=O)(=O)C1. The predicted molar refractivity (Wildman–Crippen MR) is 70.1 cm³/mol. The second-order valence-electron chi connectivity index (χ2n) is 5.38. The molecule has 2 saturated heterocycles. The zero-order valence-electron chi connectivity index (χ0n) is 11.0. The molecule has 0 spiro atoms. The van der Waals surface area contributed by atoms with Gasteiger partial charge in [0, 0.05) is 32.1 Å². The molecule has 0 saturated carbocycles. The minimum Gasteiger partial charge on any atom is -0.343 e. The monoisotopic (exact) mass is 274 g/mol. The Morgan fingerprint density at radius 3 is 2.56 bits per heavy atom. The molecule has 5 nitrogen and oxygen atoms in total. The summed E-state index contributed by atoms with van der Waals surface area (Å²) >= 11 is 0. The van der Waals surface area contributed by atoms with Gasteiger partial charge in [0.2, 0.25) is 5.91 Å². The Bertz CT molecular complexity index is 402. The highest BCUT2D eigenvalue weighted by molar-refractivity contribution is 7.91. The normalized spacial score (nSPS) is 27.0. The summed E-state index contributed by atoms with van der Waals surface area (Å²) in [5, 5.41) is 0. The summed E-state index contributed by atoms with van der Waals surface area (Å²) in [5.41, 5.74) is 0. The van der Waals surface area contributed by atoms with E-state index in [1.165, 1.54) is 0 Å². The van der Waals surface area contributed by atoms with Crippen LogP contribution in [0.4, 0.5) is 0 Å². The molecule has 0 bridgehead atoms. The third-order valence-electron chi connectivity index (χ3n) is 3.97. The third-order valence-corrected chi connectivity index (χ3v) is 5.72. The number of carbonyl (C=O) groups excluding carboxylic acids is 1. The third kappa shape index (κ3) is 3.45. The lowest BCUT2D eigenvalue weighted by atomic mass is 10.2. The maximum Gasteiger partial charge on any atom is 0.223 e. The molecule has 0 aromatic heterocycles. The van der Waals surface area contributed by atoms with Crippen molar-refractivity contribution >= 4 is 15.7 Å². The standard InChI is InChI=1S/C12H22N2O3S/c1-13(11-5-9-18(16,17)10-11)8-4-12(15)14-6-2-3-7-14/h11H,2-10H2,1H3. The Morgan fingerprint density at radius 1 is 1.33 bits per heavy atom. The number of nitrogens with zero attached hydrogens (tertiary/aromatic N) is 2. The van der Waals surface area contributed by atoms with E-state index in [1.807, 2.05) is 16.8 Å². The smallest absolute Gasteiger partial charge is 0.223 e.